The zero-order valence-electron chi connectivity index (χ0n) is 12.2. The van der Waals surface area contributed by atoms with Crippen molar-refractivity contribution in [2.75, 3.05) is 25.0 Å². The van der Waals surface area contributed by atoms with Crippen LogP contribution in [0.25, 0.3) is 0 Å². The first-order valence-corrected chi connectivity index (χ1v) is 6.64. The Balaban J connectivity index is 2.66. The molecule has 0 heterocycles. The molecule has 0 saturated heterocycles. The van der Waals surface area contributed by atoms with Gasteiger partial charge in [0, 0.05) is 13.1 Å². The molecule has 6 heteroatoms. The van der Waals surface area contributed by atoms with Crippen LogP contribution < -0.4 is 10.1 Å². The fourth-order valence-electron chi connectivity index (χ4n) is 1.80. The van der Waals surface area contributed by atoms with Crippen LogP contribution in [0, 0.1) is 0 Å². The minimum Gasteiger partial charge on any atom is -0.433 e. The van der Waals surface area contributed by atoms with Crippen LogP contribution in [0.15, 0.2) is 36.4 Å². The highest BCUT2D eigenvalue weighted by atomic mass is 19.3. The largest absolute Gasteiger partial charge is 0.433 e. The third-order valence-electron chi connectivity index (χ3n) is 2.73. The number of halogens is 2. The molecule has 1 aromatic rings. The number of nitrogens with zero attached hydrogens (tertiary/aromatic N) is 1. The number of alkyl halides is 2. The van der Waals surface area contributed by atoms with Gasteiger partial charge in [-0.05, 0) is 26.0 Å². The zero-order valence-corrected chi connectivity index (χ0v) is 12.2. The molecule has 0 aromatic heterocycles. The summed E-state index contributed by atoms with van der Waals surface area (Å²) in [7, 11) is 0. The van der Waals surface area contributed by atoms with E-state index in [4.69, 9.17) is 0 Å². The Kier molecular flexibility index (Phi) is 6.65. The lowest BCUT2D eigenvalue weighted by Crippen LogP contribution is -2.36. The molecule has 0 fully saturated rings. The van der Waals surface area contributed by atoms with E-state index < -0.39 is 6.61 Å². The molecular formula is C15H20F2N2O2. The van der Waals surface area contributed by atoms with Crippen molar-refractivity contribution in [3.8, 4) is 5.75 Å². The summed E-state index contributed by atoms with van der Waals surface area (Å²) < 4.78 is 29.0. The minimum atomic E-state index is -2.90. The van der Waals surface area contributed by atoms with Gasteiger partial charge >= 0.3 is 6.61 Å². The molecule has 0 aliphatic carbocycles. The maximum atomic E-state index is 12.3. The van der Waals surface area contributed by atoms with E-state index >= 15 is 0 Å². The zero-order chi connectivity index (χ0) is 15.8. The number of carbonyl (C=O) groups is 1. The molecule has 21 heavy (non-hydrogen) atoms. The number of benzene rings is 1. The van der Waals surface area contributed by atoms with Crippen LogP contribution in [0.2, 0.25) is 0 Å². The van der Waals surface area contributed by atoms with Crippen LogP contribution in [0.5, 0.6) is 5.75 Å². The summed E-state index contributed by atoms with van der Waals surface area (Å²) in [5.41, 5.74) is 1.24. The monoisotopic (exact) mass is 298 g/mol. The van der Waals surface area contributed by atoms with Crippen LogP contribution >= 0.6 is 0 Å². The molecule has 1 N–H and O–H groups in total. The molecule has 1 aromatic carbocycles. The Hall–Kier alpha value is -2.11. The topological polar surface area (TPSA) is 41.6 Å². The van der Waals surface area contributed by atoms with Gasteiger partial charge in [0.25, 0.3) is 0 Å². The molecule has 0 bridgehead atoms. The van der Waals surface area contributed by atoms with Crippen LogP contribution in [0.4, 0.5) is 14.5 Å². The van der Waals surface area contributed by atoms with E-state index in [0.29, 0.717) is 18.8 Å². The lowest BCUT2D eigenvalue weighted by Gasteiger charge is -2.21. The van der Waals surface area contributed by atoms with Gasteiger partial charge in [-0.25, -0.2) is 0 Å². The van der Waals surface area contributed by atoms with Gasteiger partial charge in [-0.2, -0.15) is 8.78 Å². The first kappa shape index (κ1) is 16.9. The highest BCUT2D eigenvalue weighted by Crippen LogP contribution is 2.25. The van der Waals surface area contributed by atoms with E-state index in [1.807, 2.05) is 13.8 Å². The van der Waals surface area contributed by atoms with Crippen molar-refractivity contribution in [3.63, 3.8) is 0 Å². The first-order valence-electron chi connectivity index (χ1n) is 6.64. The molecule has 116 valence electrons. The standard InChI is InChI=1S/C15H20F2N2O2/c1-4-19(10-11(2)3)14(20)9-18-12-7-5-6-8-13(12)21-15(16)17/h5-8,15,18H,2,4,9-10H2,1,3H3. The SMILES string of the molecule is C=C(C)CN(CC)C(=O)CNc1ccccc1OC(F)F. The summed E-state index contributed by atoms with van der Waals surface area (Å²) >= 11 is 0. The maximum Gasteiger partial charge on any atom is 0.387 e. The number of para-hydroxylation sites is 2. The maximum absolute atomic E-state index is 12.3. The van der Waals surface area contributed by atoms with Crippen molar-refractivity contribution in [2.45, 2.75) is 20.5 Å². The van der Waals surface area contributed by atoms with Gasteiger partial charge in [0.05, 0.1) is 12.2 Å². The van der Waals surface area contributed by atoms with Gasteiger partial charge in [-0.3, -0.25) is 4.79 Å². The molecule has 0 aliphatic rings. The number of anilines is 1. The number of ether oxygens (including phenoxy) is 1. The molecule has 0 radical (unpaired) electrons. The van der Waals surface area contributed by atoms with Gasteiger partial charge in [0.1, 0.15) is 5.75 Å². The van der Waals surface area contributed by atoms with Crippen molar-refractivity contribution in [3.05, 3.63) is 36.4 Å². The Morgan fingerprint density at radius 2 is 2.10 bits per heavy atom. The van der Waals surface area contributed by atoms with Gasteiger partial charge in [0.2, 0.25) is 5.91 Å². The van der Waals surface area contributed by atoms with E-state index in [2.05, 4.69) is 16.6 Å². The van der Waals surface area contributed by atoms with Crippen LogP contribution in [-0.2, 0) is 4.79 Å². The Labute approximate surface area is 123 Å². The molecule has 1 amide bonds. The van der Waals surface area contributed by atoms with E-state index in [1.165, 1.54) is 6.07 Å². The molecule has 0 aliphatic heterocycles. The third-order valence-corrected chi connectivity index (χ3v) is 2.73. The first-order chi connectivity index (χ1) is 9.93. The van der Waals surface area contributed by atoms with E-state index in [1.54, 1.807) is 23.1 Å². The molecule has 0 atom stereocenters. The molecule has 0 saturated carbocycles. The third kappa shape index (κ3) is 5.81. The number of hydrogen-bond donors (Lipinski definition) is 1. The minimum absolute atomic E-state index is 0.00469. The molecule has 4 nitrogen and oxygen atoms in total. The second-order valence-electron chi connectivity index (χ2n) is 4.59. The van der Waals surface area contributed by atoms with Crippen molar-refractivity contribution in [2.24, 2.45) is 0 Å². The van der Waals surface area contributed by atoms with Crippen LogP contribution in [-0.4, -0.2) is 37.1 Å². The summed E-state index contributed by atoms with van der Waals surface area (Å²) in [4.78, 5) is 13.7. The van der Waals surface area contributed by atoms with Crippen molar-refractivity contribution < 1.29 is 18.3 Å². The second-order valence-corrected chi connectivity index (χ2v) is 4.59. The lowest BCUT2D eigenvalue weighted by atomic mass is 10.3. The van der Waals surface area contributed by atoms with Crippen molar-refractivity contribution in [1.29, 1.82) is 0 Å². The normalized spacial score (nSPS) is 10.3. The number of rotatable bonds is 8. The van der Waals surface area contributed by atoms with E-state index in [0.717, 1.165) is 5.57 Å². The Morgan fingerprint density at radius 1 is 1.43 bits per heavy atom. The highest BCUT2D eigenvalue weighted by Gasteiger charge is 2.13. The number of carbonyl (C=O) groups excluding carboxylic acids is 1. The summed E-state index contributed by atoms with van der Waals surface area (Å²) in [6.45, 7) is 5.62. The molecular weight excluding hydrogens is 278 g/mol. The van der Waals surface area contributed by atoms with Gasteiger partial charge in [-0.15, -0.1) is 0 Å². The van der Waals surface area contributed by atoms with Gasteiger partial charge in [-0.1, -0.05) is 24.3 Å². The highest BCUT2D eigenvalue weighted by molar-refractivity contribution is 5.81. The smallest absolute Gasteiger partial charge is 0.387 e. The van der Waals surface area contributed by atoms with E-state index in [-0.39, 0.29) is 18.2 Å². The summed E-state index contributed by atoms with van der Waals surface area (Å²) in [6, 6.07) is 6.27. The lowest BCUT2D eigenvalue weighted by molar-refractivity contribution is -0.128. The summed E-state index contributed by atoms with van der Waals surface area (Å²) in [5.74, 6) is -0.115. The molecule has 0 spiro atoms. The number of amides is 1. The number of likely N-dealkylation sites (N-methyl/N-ethyl adjacent to an activating group) is 1. The average molecular weight is 298 g/mol. The van der Waals surface area contributed by atoms with Crippen molar-refractivity contribution >= 4 is 11.6 Å². The number of nitrogens with one attached hydrogen (secondary N) is 1. The van der Waals surface area contributed by atoms with Crippen LogP contribution in [0.1, 0.15) is 13.8 Å². The Morgan fingerprint density at radius 3 is 2.67 bits per heavy atom. The number of hydrogen-bond acceptors (Lipinski definition) is 3. The summed E-state index contributed by atoms with van der Waals surface area (Å²) in [5, 5.41) is 2.83. The molecule has 0 unspecified atom stereocenters. The molecule has 1 rings (SSSR count). The average Bonchev–Trinajstić information content (AvgIpc) is 2.42. The fraction of sp³-hybridized carbons (Fsp3) is 0.400. The predicted octanol–water partition coefficient (Wildman–Crippen LogP) is 3.12. The quantitative estimate of drug-likeness (QED) is 0.750. The summed E-state index contributed by atoms with van der Waals surface area (Å²) in [6.07, 6.45) is 0. The van der Waals surface area contributed by atoms with Crippen molar-refractivity contribution in [1.82, 2.24) is 4.90 Å². The van der Waals surface area contributed by atoms with E-state index in [9.17, 15) is 13.6 Å². The fourth-order valence-corrected chi connectivity index (χ4v) is 1.80. The van der Waals surface area contributed by atoms with Crippen LogP contribution in [0.3, 0.4) is 0 Å². The Bertz CT molecular complexity index is 492. The van der Waals surface area contributed by atoms with Gasteiger partial charge in [0.15, 0.2) is 0 Å². The van der Waals surface area contributed by atoms with Gasteiger partial charge < -0.3 is 15.0 Å². The predicted molar refractivity (Wildman–Crippen MR) is 78.6 cm³/mol. The second kappa shape index (κ2) is 8.24.